The second-order valence-electron chi connectivity index (χ2n) is 2.50. The van der Waals surface area contributed by atoms with E-state index in [2.05, 4.69) is 17.9 Å². The van der Waals surface area contributed by atoms with E-state index in [0.717, 1.165) is 0 Å². The largest absolute Gasteiger partial charge is 0.324 e. The number of anilines is 1. The zero-order valence-corrected chi connectivity index (χ0v) is 7.85. The van der Waals surface area contributed by atoms with Crippen LogP contribution < -0.4 is 5.32 Å². The lowest BCUT2D eigenvalue weighted by Crippen LogP contribution is -2.12. The van der Waals surface area contributed by atoms with E-state index in [1.807, 2.05) is 0 Å². The molecule has 0 heterocycles. The number of rotatable bonds is 3. The summed E-state index contributed by atoms with van der Waals surface area (Å²) >= 11 is 3.90. The summed E-state index contributed by atoms with van der Waals surface area (Å²) < 4.78 is 13.0. The molecule has 0 aromatic heterocycles. The van der Waals surface area contributed by atoms with Crippen molar-refractivity contribution in [3.8, 4) is 0 Å². The van der Waals surface area contributed by atoms with Gasteiger partial charge in [0, 0.05) is 6.42 Å². The van der Waals surface area contributed by atoms with Gasteiger partial charge in [-0.2, -0.15) is 12.6 Å². The Hall–Kier alpha value is -1.03. The minimum atomic E-state index is -0.421. The minimum absolute atomic E-state index is 0.217. The molecule has 0 saturated carbocycles. The zero-order chi connectivity index (χ0) is 9.68. The van der Waals surface area contributed by atoms with Crippen molar-refractivity contribution in [2.24, 2.45) is 0 Å². The van der Waals surface area contributed by atoms with Gasteiger partial charge in [0.15, 0.2) is 0 Å². The van der Waals surface area contributed by atoms with Crippen molar-refractivity contribution in [2.75, 3.05) is 11.1 Å². The van der Waals surface area contributed by atoms with Crippen LogP contribution >= 0.6 is 12.6 Å². The van der Waals surface area contributed by atoms with Crippen LogP contribution in [-0.2, 0) is 4.79 Å². The number of hydrogen-bond donors (Lipinski definition) is 2. The Morgan fingerprint density at radius 1 is 1.46 bits per heavy atom. The van der Waals surface area contributed by atoms with Gasteiger partial charge in [-0.3, -0.25) is 4.79 Å². The highest BCUT2D eigenvalue weighted by molar-refractivity contribution is 7.80. The van der Waals surface area contributed by atoms with E-state index in [1.54, 1.807) is 12.1 Å². The third-order valence-electron chi connectivity index (χ3n) is 1.49. The number of halogens is 1. The van der Waals surface area contributed by atoms with E-state index < -0.39 is 5.82 Å². The van der Waals surface area contributed by atoms with Gasteiger partial charge in [-0.15, -0.1) is 0 Å². The molecule has 0 unspecified atom stereocenters. The van der Waals surface area contributed by atoms with Gasteiger partial charge in [0.1, 0.15) is 5.82 Å². The third-order valence-corrected chi connectivity index (χ3v) is 1.71. The fraction of sp³-hybridized carbons (Fsp3) is 0.222. The number of hydrogen-bond acceptors (Lipinski definition) is 2. The maximum absolute atomic E-state index is 13.0. The van der Waals surface area contributed by atoms with Gasteiger partial charge in [0.05, 0.1) is 5.69 Å². The van der Waals surface area contributed by atoms with Crippen molar-refractivity contribution < 1.29 is 9.18 Å². The molecular formula is C9H10FNOS. The van der Waals surface area contributed by atoms with Gasteiger partial charge in [-0.1, -0.05) is 12.1 Å². The molecule has 0 atom stereocenters. The molecular weight excluding hydrogens is 189 g/mol. The lowest BCUT2D eigenvalue weighted by Gasteiger charge is -2.04. The fourth-order valence-electron chi connectivity index (χ4n) is 0.877. The van der Waals surface area contributed by atoms with Crippen LogP contribution in [0.5, 0.6) is 0 Å². The molecule has 0 spiro atoms. The van der Waals surface area contributed by atoms with Gasteiger partial charge in [-0.25, -0.2) is 4.39 Å². The van der Waals surface area contributed by atoms with Crippen molar-refractivity contribution in [1.29, 1.82) is 0 Å². The summed E-state index contributed by atoms with van der Waals surface area (Å²) in [7, 11) is 0. The van der Waals surface area contributed by atoms with Crippen LogP contribution in [0, 0.1) is 5.82 Å². The number of nitrogens with one attached hydrogen (secondary N) is 1. The third kappa shape index (κ3) is 3.06. The van der Waals surface area contributed by atoms with E-state index >= 15 is 0 Å². The van der Waals surface area contributed by atoms with E-state index in [-0.39, 0.29) is 18.0 Å². The van der Waals surface area contributed by atoms with E-state index in [4.69, 9.17) is 0 Å². The Bertz CT molecular complexity index is 303. The van der Waals surface area contributed by atoms with Crippen LogP contribution in [0.25, 0.3) is 0 Å². The predicted octanol–water partition coefficient (Wildman–Crippen LogP) is 2.08. The first-order chi connectivity index (χ1) is 6.24. The van der Waals surface area contributed by atoms with Gasteiger partial charge >= 0.3 is 0 Å². The summed E-state index contributed by atoms with van der Waals surface area (Å²) in [6.07, 6.45) is 0.289. The maximum Gasteiger partial charge on any atom is 0.225 e. The molecule has 0 saturated heterocycles. The van der Waals surface area contributed by atoms with Crippen LogP contribution in [0.4, 0.5) is 10.1 Å². The number of carbonyl (C=O) groups is 1. The summed E-state index contributed by atoms with van der Waals surface area (Å²) in [6, 6.07) is 6.06. The first-order valence-electron chi connectivity index (χ1n) is 3.89. The maximum atomic E-state index is 13.0. The van der Waals surface area contributed by atoms with Crippen molar-refractivity contribution in [3.05, 3.63) is 30.1 Å². The molecule has 4 heteroatoms. The summed E-state index contributed by atoms with van der Waals surface area (Å²) in [5.74, 6) is -0.185. The average Bonchev–Trinajstić information content (AvgIpc) is 2.09. The van der Waals surface area contributed by atoms with Gasteiger partial charge in [0.2, 0.25) is 5.91 Å². The second-order valence-corrected chi connectivity index (χ2v) is 2.95. The van der Waals surface area contributed by atoms with Crippen molar-refractivity contribution in [2.45, 2.75) is 6.42 Å². The van der Waals surface area contributed by atoms with Crippen LogP contribution in [0.15, 0.2) is 24.3 Å². The SMILES string of the molecule is O=C(CCS)Nc1ccccc1F. The lowest BCUT2D eigenvalue weighted by molar-refractivity contribution is -0.115. The monoisotopic (exact) mass is 199 g/mol. The minimum Gasteiger partial charge on any atom is -0.324 e. The van der Waals surface area contributed by atoms with Gasteiger partial charge in [-0.05, 0) is 17.9 Å². The molecule has 70 valence electrons. The summed E-state index contributed by atoms with van der Waals surface area (Å²) in [5, 5.41) is 2.45. The first kappa shape index (κ1) is 10.1. The first-order valence-corrected chi connectivity index (χ1v) is 4.52. The summed E-state index contributed by atoms with van der Waals surface area (Å²) in [5.41, 5.74) is 0.217. The molecule has 1 rings (SSSR count). The van der Waals surface area contributed by atoms with Crippen LogP contribution in [0.3, 0.4) is 0 Å². The molecule has 0 radical (unpaired) electrons. The van der Waals surface area contributed by atoms with Crippen LogP contribution in [0.1, 0.15) is 6.42 Å². The number of benzene rings is 1. The van der Waals surface area contributed by atoms with Gasteiger partial charge < -0.3 is 5.32 Å². The van der Waals surface area contributed by atoms with Crippen LogP contribution in [-0.4, -0.2) is 11.7 Å². The van der Waals surface area contributed by atoms with E-state index in [0.29, 0.717) is 5.75 Å². The molecule has 2 nitrogen and oxygen atoms in total. The molecule has 0 aliphatic rings. The normalized spacial score (nSPS) is 9.69. The van der Waals surface area contributed by atoms with Crippen molar-refractivity contribution in [1.82, 2.24) is 0 Å². The van der Waals surface area contributed by atoms with Crippen LogP contribution in [0.2, 0.25) is 0 Å². The number of para-hydroxylation sites is 1. The molecule has 1 N–H and O–H groups in total. The molecule has 1 aromatic rings. The fourth-order valence-corrected chi connectivity index (χ4v) is 1.08. The summed E-state index contributed by atoms with van der Waals surface area (Å²) in [6.45, 7) is 0. The predicted molar refractivity (Wildman–Crippen MR) is 53.5 cm³/mol. The molecule has 0 aliphatic carbocycles. The second kappa shape index (κ2) is 4.87. The Morgan fingerprint density at radius 2 is 2.15 bits per heavy atom. The molecule has 0 aliphatic heterocycles. The highest BCUT2D eigenvalue weighted by Crippen LogP contribution is 2.12. The molecule has 0 fully saturated rings. The highest BCUT2D eigenvalue weighted by Gasteiger charge is 2.04. The lowest BCUT2D eigenvalue weighted by atomic mass is 10.3. The number of thiol groups is 1. The highest BCUT2D eigenvalue weighted by atomic mass is 32.1. The number of carbonyl (C=O) groups excluding carboxylic acids is 1. The molecule has 0 bridgehead atoms. The Labute approximate surface area is 81.6 Å². The molecule has 1 amide bonds. The standard InChI is InChI=1S/C9H10FNOS/c10-7-3-1-2-4-8(7)11-9(12)5-6-13/h1-4,13H,5-6H2,(H,11,12). The Morgan fingerprint density at radius 3 is 2.77 bits per heavy atom. The zero-order valence-electron chi connectivity index (χ0n) is 6.96. The Balaban J connectivity index is 2.63. The topological polar surface area (TPSA) is 29.1 Å². The van der Waals surface area contributed by atoms with Gasteiger partial charge in [0.25, 0.3) is 0 Å². The molecule has 1 aromatic carbocycles. The number of amides is 1. The van der Waals surface area contributed by atoms with Crippen molar-refractivity contribution >= 4 is 24.2 Å². The summed E-state index contributed by atoms with van der Waals surface area (Å²) in [4.78, 5) is 11.0. The van der Waals surface area contributed by atoms with E-state index in [1.165, 1.54) is 12.1 Å². The quantitative estimate of drug-likeness (QED) is 0.717. The Kier molecular flexibility index (Phi) is 3.76. The van der Waals surface area contributed by atoms with Crippen molar-refractivity contribution in [3.63, 3.8) is 0 Å². The average molecular weight is 199 g/mol. The molecule has 13 heavy (non-hydrogen) atoms. The smallest absolute Gasteiger partial charge is 0.225 e. The van der Waals surface area contributed by atoms with E-state index in [9.17, 15) is 9.18 Å².